The molecule has 0 atom stereocenters. The van der Waals surface area contributed by atoms with Gasteiger partial charge < -0.3 is 15.2 Å². The minimum absolute atomic E-state index is 0.380. The van der Waals surface area contributed by atoms with E-state index in [2.05, 4.69) is 0 Å². The van der Waals surface area contributed by atoms with Crippen LogP contribution in [0.15, 0.2) is 48.5 Å². The lowest BCUT2D eigenvalue weighted by atomic mass is 10.2. The molecule has 0 saturated carbocycles. The fourth-order valence-corrected chi connectivity index (χ4v) is 1.75. The van der Waals surface area contributed by atoms with E-state index < -0.39 is 0 Å². The van der Waals surface area contributed by atoms with Gasteiger partial charge in [-0.2, -0.15) is 0 Å². The predicted octanol–water partition coefficient (Wildman–Crippen LogP) is 3.51. The topological polar surface area (TPSA) is 44.5 Å². The van der Waals surface area contributed by atoms with Crippen LogP contribution in [0.2, 0.25) is 0 Å². The van der Waals surface area contributed by atoms with Crippen molar-refractivity contribution in [3.63, 3.8) is 0 Å². The van der Waals surface area contributed by atoms with Crippen molar-refractivity contribution in [2.75, 3.05) is 6.61 Å². The molecule has 2 N–H and O–H groups in total. The van der Waals surface area contributed by atoms with Gasteiger partial charge in [0.25, 0.3) is 0 Å². The highest BCUT2D eigenvalue weighted by Gasteiger charge is 2.01. The van der Waals surface area contributed by atoms with Crippen LogP contribution in [-0.2, 0) is 0 Å². The summed E-state index contributed by atoms with van der Waals surface area (Å²) in [6.45, 7) is 2.58. The van der Waals surface area contributed by atoms with Gasteiger partial charge in [0.05, 0.1) is 6.61 Å². The lowest BCUT2D eigenvalue weighted by Gasteiger charge is -2.08. The summed E-state index contributed by atoms with van der Waals surface area (Å²) in [4.78, 5) is 0.380. The second kappa shape index (κ2) is 6.20. The van der Waals surface area contributed by atoms with Crippen LogP contribution in [0.1, 0.15) is 12.5 Å². The Balaban J connectivity index is 2.12. The third kappa shape index (κ3) is 3.69. The fraction of sp³-hybridized carbons (Fsp3) is 0.133. The Morgan fingerprint density at radius 2 is 1.74 bits per heavy atom. The molecule has 4 heteroatoms. The molecule has 98 valence electrons. The molecule has 2 aromatic carbocycles. The van der Waals surface area contributed by atoms with Gasteiger partial charge in [-0.3, -0.25) is 0 Å². The van der Waals surface area contributed by atoms with E-state index in [1.807, 2.05) is 55.5 Å². The Morgan fingerprint density at radius 1 is 1.05 bits per heavy atom. The first kappa shape index (κ1) is 13.4. The van der Waals surface area contributed by atoms with E-state index in [1.165, 1.54) is 0 Å². The molecular weight excluding hydrogens is 258 g/mol. The largest absolute Gasteiger partial charge is 0.494 e. The van der Waals surface area contributed by atoms with E-state index >= 15 is 0 Å². The minimum atomic E-state index is 0.380. The molecule has 0 amide bonds. The molecule has 2 aromatic rings. The number of benzene rings is 2. The van der Waals surface area contributed by atoms with Crippen LogP contribution in [0.5, 0.6) is 17.2 Å². The summed E-state index contributed by atoms with van der Waals surface area (Å²) < 4.78 is 11.2. The molecule has 0 saturated heterocycles. The SMILES string of the molecule is CCOc1cccc(Oc2ccc(C(N)=S)cc2)c1. The van der Waals surface area contributed by atoms with Crippen molar-refractivity contribution in [1.29, 1.82) is 0 Å². The number of rotatable bonds is 5. The van der Waals surface area contributed by atoms with Gasteiger partial charge in [-0.1, -0.05) is 18.3 Å². The van der Waals surface area contributed by atoms with Crippen LogP contribution in [0, 0.1) is 0 Å². The van der Waals surface area contributed by atoms with Gasteiger partial charge in [-0.25, -0.2) is 0 Å². The summed E-state index contributed by atoms with van der Waals surface area (Å²) in [6.07, 6.45) is 0. The van der Waals surface area contributed by atoms with Crippen LogP contribution in [0.4, 0.5) is 0 Å². The molecule has 3 nitrogen and oxygen atoms in total. The molecule has 0 bridgehead atoms. The Morgan fingerprint density at radius 3 is 2.37 bits per heavy atom. The smallest absolute Gasteiger partial charge is 0.131 e. The standard InChI is InChI=1S/C15H15NO2S/c1-2-17-13-4-3-5-14(10-13)18-12-8-6-11(7-9-12)15(16)19/h3-10H,2H2,1H3,(H2,16,19). The molecule has 0 radical (unpaired) electrons. The first-order chi connectivity index (χ1) is 9.19. The molecule has 0 spiro atoms. The zero-order chi connectivity index (χ0) is 13.7. The Labute approximate surface area is 118 Å². The maximum absolute atomic E-state index is 5.74. The van der Waals surface area contributed by atoms with Crippen molar-refractivity contribution in [2.45, 2.75) is 6.92 Å². The maximum Gasteiger partial charge on any atom is 0.131 e. The summed E-state index contributed by atoms with van der Waals surface area (Å²) in [7, 11) is 0. The number of nitrogens with two attached hydrogens (primary N) is 1. The number of hydrogen-bond acceptors (Lipinski definition) is 3. The number of thiocarbonyl (C=S) groups is 1. The van der Waals surface area contributed by atoms with Crippen LogP contribution in [-0.4, -0.2) is 11.6 Å². The molecule has 0 aliphatic heterocycles. The third-order valence-corrected chi connectivity index (χ3v) is 2.73. The van der Waals surface area contributed by atoms with E-state index in [4.69, 9.17) is 27.4 Å². The minimum Gasteiger partial charge on any atom is -0.494 e. The molecule has 19 heavy (non-hydrogen) atoms. The summed E-state index contributed by atoms with van der Waals surface area (Å²) in [5.41, 5.74) is 6.37. The van der Waals surface area contributed by atoms with Crippen LogP contribution in [0.3, 0.4) is 0 Å². The number of ether oxygens (including phenoxy) is 2. The quantitative estimate of drug-likeness (QED) is 0.847. The van der Waals surface area contributed by atoms with Crippen LogP contribution >= 0.6 is 12.2 Å². The van der Waals surface area contributed by atoms with Crippen molar-refractivity contribution in [1.82, 2.24) is 0 Å². The Kier molecular flexibility index (Phi) is 4.36. The Hall–Kier alpha value is -2.07. The van der Waals surface area contributed by atoms with Gasteiger partial charge in [-0.15, -0.1) is 0 Å². The third-order valence-electron chi connectivity index (χ3n) is 2.49. The first-order valence-electron chi connectivity index (χ1n) is 5.99. The second-order valence-electron chi connectivity index (χ2n) is 3.90. The van der Waals surface area contributed by atoms with Gasteiger partial charge in [0, 0.05) is 11.6 Å². The molecule has 0 aliphatic carbocycles. The Bertz CT molecular complexity index is 567. The summed E-state index contributed by atoms with van der Waals surface area (Å²) in [5, 5.41) is 0. The zero-order valence-electron chi connectivity index (χ0n) is 10.6. The normalized spacial score (nSPS) is 9.95. The summed E-state index contributed by atoms with van der Waals surface area (Å²) in [6, 6.07) is 14.9. The van der Waals surface area contributed by atoms with Crippen molar-refractivity contribution in [3.8, 4) is 17.2 Å². The van der Waals surface area contributed by atoms with E-state index in [0.717, 1.165) is 22.8 Å². The van der Waals surface area contributed by atoms with Gasteiger partial charge >= 0.3 is 0 Å². The van der Waals surface area contributed by atoms with Crippen LogP contribution in [0.25, 0.3) is 0 Å². The number of hydrogen-bond donors (Lipinski definition) is 1. The van der Waals surface area contributed by atoms with E-state index in [-0.39, 0.29) is 0 Å². The van der Waals surface area contributed by atoms with Crippen molar-refractivity contribution in [3.05, 3.63) is 54.1 Å². The molecule has 0 aromatic heterocycles. The van der Waals surface area contributed by atoms with Gasteiger partial charge in [-0.05, 0) is 43.3 Å². The van der Waals surface area contributed by atoms with E-state index in [0.29, 0.717) is 11.6 Å². The molecular formula is C15H15NO2S. The average molecular weight is 273 g/mol. The molecule has 0 heterocycles. The van der Waals surface area contributed by atoms with E-state index in [1.54, 1.807) is 0 Å². The average Bonchev–Trinajstić information content (AvgIpc) is 2.40. The first-order valence-corrected chi connectivity index (χ1v) is 6.40. The molecule has 0 aliphatic rings. The van der Waals surface area contributed by atoms with E-state index in [9.17, 15) is 0 Å². The predicted molar refractivity (Wildman–Crippen MR) is 80.0 cm³/mol. The van der Waals surface area contributed by atoms with Crippen LogP contribution < -0.4 is 15.2 Å². The monoisotopic (exact) mass is 273 g/mol. The lowest BCUT2D eigenvalue weighted by Crippen LogP contribution is -2.08. The molecule has 0 fully saturated rings. The molecule has 0 unspecified atom stereocenters. The molecule has 2 rings (SSSR count). The summed E-state index contributed by atoms with van der Waals surface area (Å²) in [5.74, 6) is 2.25. The zero-order valence-corrected chi connectivity index (χ0v) is 11.4. The highest BCUT2D eigenvalue weighted by molar-refractivity contribution is 7.80. The maximum atomic E-state index is 5.74. The fourth-order valence-electron chi connectivity index (χ4n) is 1.62. The highest BCUT2D eigenvalue weighted by atomic mass is 32.1. The van der Waals surface area contributed by atoms with Gasteiger partial charge in [0.1, 0.15) is 22.2 Å². The summed E-state index contributed by atoms with van der Waals surface area (Å²) >= 11 is 4.90. The van der Waals surface area contributed by atoms with Crippen molar-refractivity contribution >= 4 is 17.2 Å². The van der Waals surface area contributed by atoms with Gasteiger partial charge in [0.2, 0.25) is 0 Å². The van der Waals surface area contributed by atoms with Gasteiger partial charge in [0.15, 0.2) is 0 Å². The van der Waals surface area contributed by atoms with Crippen molar-refractivity contribution in [2.24, 2.45) is 5.73 Å². The van der Waals surface area contributed by atoms with Crippen molar-refractivity contribution < 1.29 is 9.47 Å². The highest BCUT2D eigenvalue weighted by Crippen LogP contribution is 2.25. The lowest BCUT2D eigenvalue weighted by molar-refractivity contribution is 0.338. The second-order valence-corrected chi connectivity index (χ2v) is 4.34.